The lowest BCUT2D eigenvalue weighted by Crippen LogP contribution is -2.30. The van der Waals surface area contributed by atoms with E-state index < -0.39 is 42.1 Å². The molecule has 0 aliphatic rings. The number of nitrogens with zero attached hydrogens (tertiary/aromatic N) is 6. The fraction of sp³-hybridized carbons (Fsp3) is 0.263. The minimum Gasteiger partial charge on any atom is -0.361 e. The predicted octanol–water partition coefficient (Wildman–Crippen LogP) is 11.3. The highest BCUT2D eigenvalue weighted by atomic mass is 31.2. The second kappa shape index (κ2) is 18.6. The molecule has 14 heteroatoms. The van der Waals surface area contributed by atoms with Crippen LogP contribution in [0.25, 0.3) is 33.1 Å². The van der Waals surface area contributed by atoms with E-state index in [1.165, 1.54) is 13.7 Å². The van der Waals surface area contributed by atoms with Crippen molar-refractivity contribution in [3.8, 4) is 17.6 Å². The highest BCUT2D eigenvalue weighted by Gasteiger charge is 2.40. The summed E-state index contributed by atoms with van der Waals surface area (Å²) in [7, 11) is -5.48. The number of rotatable bonds is 12. The van der Waals surface area contributed by atoms with E-state index >= 15 is 18.9 Å². The second-order valence-electron chi connectivity index (χ2n) is 18.7. The Morgan fingerprint density at radius 1 is 0.352 bits per heavy atom. The maximum atomic E-state index is 16.2. The summed E-state index contributed by atoms with van der Waals surface area (Å²) >= 11 is 0. The monoisotopic (exact) mass is 968 g/mol. The number of benzene rings is 6. The van der Waals surface area contributed by atoms with Crippen LogP contribution in [0.5, 0.6) is 17.6 Å². The van der Waals surface area contributed by atoms with E-state index in [1.807, 2.05) is 174 Å². The third-order valence-electron chi connectivity index (χ3n) is 14.7. The minimum atomic E-state index is -5.48. The average molecular weight is 969 g/mol. The van der Waals surface area contributed by atoms with Gasteiger partial charge in [0.05, 0.1) is 52.7 Å². The summed E-state index contributed by atoms with van der Waals surface area (Å²) in [6.45, 7) is 23.7. The number of fused-ring (bicyclic) bond motifs is 3. The van der Waals surface area contributed by atoms with Crippen molar-refractivity contribution in [1.29, 1.82) is 0 Å². The molecule has 0 amide bonds. The van der Waals surface area contributed by atoms with E-state index in [4.69, 9.17) is 28.5 Å². The first-order valence-corrected chi connectivity index (χ1v) is 25.1. The number of aromatic nitrogens is 6. The Labute approximate surface area is 412 Å². The third-order valence-corrected chi connectivity index (χ3v) is 15.9. The predicted molar refractivity (Wildman–Crippen MR) is 281 cm³/mol. The first kappa shape index (κ1) is 48.4. The fourth-order valence-corrected chi connectivity index (χ4v) is 10.7. The minimum absolute atomic E-state index is 0.103. The number of aryl methyl sites for hydroxylation is 6. The molecule has 9 rings (SSSR count). The van der Waals surface area contributed by atoms with E-state index in [2.05, 4.69) is 0 Å². The summed E-state index contributed by atoms with van der Waals surface area (Å²) in [5.41, 5.74) is 13.7. The van der Waals surface area contributed by atoms with Crippen LogP contribution in [0, 0.1) is 83.1 Å². The normalized spacial score (nSPS) is 11.8. The molecule has 362 valence electrons. The smallest absolute Gasteiger partial charge is 0.361 e. The molecule has 0 saturated carbocycles. The molecule has 9 aromatic rings. The molecule has 0 radical (unpaired) electrons. The summed E-state index contributed by atoms with van der Waals surface area (Å²) in [5.74, 6) is -1.93. The van der Waals surface area contributed by atoms with Gasteiger partial charge in [-0.05, 0) is 167 Å². The van der Waals surface area contributed by atoms with Crippen molar-refractivity contribution in [2.45, 2.75) is 103 Å². The van der Waals surface area contributed by atoms with Gasteiger partial charge in [0.1, 0.15) is 0 Å². The van der Waals surface area contributed by atoms with Gasteiger partial charge in [0.2, 0.25) is 0 Å². The van der Waals surface area contributed by atoms with Crippen molar-refractivity contribution in [3.63, 3.8) is 0 Å². The Balaban J connectivity index is 1.33. The first-order chi connectivity index (χ1) is 33.8. The lowest BCUT2D eigenvalue weighted by atomic mass is 9.96. The van der Waals surface area contributed by atoms with Crippen molar-refractivity contribution >= 4 is 40.9 Å². The molecule has 0 atom stereocenters. The topological polar surface area (TPSA) is 149 Å². The van der Waals surface area contributed by atoms with Crippen LogP contribution in [0.1, 0.15) is 83.5 Å². The molecule has 0 aliphatic heterocycles. The van der Waals surface area contributed by atoms with Crippen LogP contribution >= 0.6 is 7.82 Å². The Kier molecular flexibility index (Phi) is 12.7. The van der Waals surface area contributed by atoms with Gasteiger partial charge in [-0.15, -0.1) is 0 Å². The molecule has 0 fully saturated rings. The second-order valence-corrected chi connectivity index (χ2v) is 20.1. The van der Waals surface area contributed by atoms with Gasteiger partial charge in [-0.3, -0.25) is 28.1 Å². The largest absolute Gasteiger partial charge is 0.651 e. The SMILES string of the molecule is Cc1c(C)c(C)c2c(nc(OP(=O)(Oc3nc4c(C)c(C)c(C)c(C)c4n(Cc4ccccc4)c3=O)Oc3nc4c(C)c(C)c(C)c(C)c4n(Cc4ccccc4)c3=O)c(=O)n2Cc2ccccc2)c1C. The molecular formula is C57H57N6O7P. The van der Waals surface area contributed by atoms with Gasteiger partial charge >= 0.3 is 24.5 Å². The van der Waals surface area contributed by atoms with Crippen molar-refractivity contribution < 1.29 is 18.1 Å². The summed E-state index contributed by atoms with van der Waals surface area (Å²) in [5, 5.41) is 0. The van der Waals surface area contributed by atoms with Crippen LogP contribution in [-0.4, -0.2) is 28.7 Å². The number of hydrogen-bond donors (Lipinski definition) is 0. The number of hydrogen-bond acceptors (Lipinski definition) is 10. The van der Waals surface area contributed by atoms with Crippen LogP contribution in [0.4, 0.5) is 0 Å². The zero-order valence-electron chi connectivity index (χ0n) is 42.3. The Bertz CT molecular complexity index is 3480. The highest BCUT2D eigenvalue weighted by Crippen LogP contribution is 2.48. The molecule has 0 bridgehead atoms. The number of phosphoric acid groups is 1. The summed E-state index contributed by atoms with van der Waals surface area (Å²) in [6.07, 6.45) is 0. The van der Waals surface area contributed by atoms with E-state index in [9.17, 15) is 0 Å². The standard InChI is InChI=1S/C57H57N6O7P/c1-31-34(4)40(10)49-46(37(31)7)58-52(55(64)61(49)28-43-22-16-13-17-23-43)68-71(67,69-53-56(65)62(29-44-24-18-14-19-25-44)50-41(11)35(5)32(2)38(8)47(50)59-53)70-54-57(66)63(30-45-26-20-15-21-27-45)51-42(12)36(6)33(3)39(9)48(51)60-54/h13-27H,28-30H2,1-12H3. The Morgan fingerprint density at radius 2 is 0.577 bits per heavy atom. The zero-order chi connectivity index (χ0) is 50.8. The maximum Gasteiger partial charge on any atom is 0.651 e. The summed E-state index contributed by atoms with van der Waals surface area (Å²) in [6, 6.07) is 28.3. The van der Waals surface area contributed by atoms with Crippen LogP contribution in [0.2, 0.25) is 0 Å². The van der Waals surface area contributed by atoms with Gasteiger partial charge in [0, 0.05) is 0 Å². The zero-order valence-corrected chi connectivity index (χ0v) is 43.2. The lowest BCUT2D eigenvalue weighted by Gasteiger charge is -2.23. The number of phosphoric ester groups is 1. The lowest BCUT2D eigenvalue weighted by molar-refractivity contribution is 0.281. The van der Waals surface area contributed by atoms with Gasteiger partial charge in [0.25, 0.3) is 17.6 Å². The van der Waals surface area contributed by atoms with Crippen LogP contribution < -0.4 is 30.2 Å². The van der Waals surface area contributed by atoms with Gasteiger partial charge < -0.3 is 13.6 Å². The van der Waals surface area contributed by atoms with Crippen LogP contribution in [0.15, 0.2) is 105 Å². The molecule has 0 unspecified atom stereocenters. The molecule has 3 aromatic heterocycles. The molecule has 71 heavy (non-hydrogen) atoms. The van der Waals surface area contributed by atoms with E-state index in [0.717, 1.165) is 83.5 Å². The Hall–Kier alpha value is -7.63. The molecule has 6 aromatic carbocycles. The molecule has 3 heterocycles. The molecule has 0 aliphatic carbocycles. The van der Waals surface area contributed by atoms with Crippen molar-refractivity contribution in [1.82, 2.24) is 28.7 Å². The molecule has 13 nitrogen and oxygen atoms in total. The van der Waals surface area contributed by atoms with Crippen molar-refractivity contribution in [3.05, 3.63) is 206 Å². The summed E-state index contributed by atoms with van der Waals surface area (Å²) < 4.78 is 39.8. The fourth-order valence-electron chi connectivity index (χ4n) is 9.62. The molecule has 0 N–H and O–H groups in total. The van der Waals surface area contributed by atoms with Crippen LogP contribution in [-0.2, 0) is 24.2 Å². The molecule has 0 saturated heterocycles. The van der Waals surface area contributed by atoms with Gasteiger partial charge in [0.15, 0.2) is 0 Å². The maximum absolute atomic E-state index is 16.2. The first-order valence-electron chi connectivity index (χ1n) is 23.6. The van der Waals surface area contributed by atoms with E-state index in [0.29, 0.717) is 33.1 Å². The Morgan fingerprint density at radius 3 is 0.817 bits per heavy atom. The third kappa shape index (κ3) is 8.52. The van der Waals surface area contributed by atoms with Gasteiger partial charge in [-0.1, -0.05) is 91.0 Å². The van der Waals surface area contributed by atoms with E-state index in [1.54, 1.807) is 0 Å². The van der Waals surface area contributed by atoms with Gasteiger partial charge in [-0.25, -0.2) is 15.0 Å². The average Bonchev–Trinajstić information content (AvgIpc) is 3.36. The van der Waals surface area contributed by atoms with Crippen LogP contribution in [0.3, 0.4) is 0 Å². The molecule has 0 spiro atoms. The molecular weight excluding hydrogens is 912 g/mol. The van der Waals surface area contributed by atoms with Gasteiger partial charge in [-0.2, -0.15) is 4.57 Å². The quantitative estimate of drug-likeness (QED) is 0.108. The van der Waals surface area contributed by atoms with Crippen molar-refractivity contribution in [2.24, 2.45) is 0 Å². The highest BCUT2D eigenvalue weighted by molar-refractivity contribution is 7.49. The van der Waals surface area contributed by atoms with Crippen molar-refractivity contribution in [2.75, 3.05) is 0 Å². The summed E-state index contributed by atoms with van der Waals surface area (Å²) in [4.78, 5) is 59.7. The van der Waals surface area contributed by atoms with E-state index in [-0.39, 0.29) is 19.6 Å².